The topological polar surface area (TPSA) is 35.6 Å². The highest BCUT2D eigenvalue weighted by Crippen LogP contribution is 2.50. The van der Waals surface area contributed by atoms with Gasteiger partial charge in [-0.2, -0.15) is 0 Å². The fourth-order valence-corrected chi connectivity index (χ4v) is 2.45. The minimum atomic E-state index is 0.261. The van der Waals surface area contributed by atoms with Crippen LogP contribution >= 0.6 is 0 Å². The fraction of sp³-hybridized carbons (Fsp3) is 0.923. The monoisotopic (exact) mass is 239 g/mol. The first kappa shape index (κ1) is 12.8. The molecule has 1 atom stereocenters. The van der Waals surface area contributed by atoms with Crippen molar-refractivity contribution >= 4 is 5.91 Å². The van der Waals surface area contributed by atoms with Crippen LogP contribution in [-0.4, -0.2) is 62.0 Å². The number of carbonyl (C=O) groups is 1. The second-order valence-electron chi connectivity index (χ2n) is 6.20. The number of piperazine rings is 1. The Morgan fingerprint density at radius 1 is 1.29 bits per heavy atom. The highest BCUT2D eigenvalue weighted by Gasteiger charge is 2.44. The smallest absolute Gasteiger partial charge is 0.236 e. The molecule has 0 spiro atoms. The zero-order chi connectivity index (χ0) is 12.5. The average molecular weight is 239 g/mol. The summed E-state index contributed by atoms with van der Waals surface area (Å²) in [6.07, 6.45) is 1.29. The van der Waals surface area contributed by atoms with Gasteiger partial charge in [0.1, 0.15) is 0 Å². The van der Waals surface area contributed by atoms with Crippen molar-refractivity contribution in [2.45, 2.75) is 20.3 Å². The molecule has 2 aliphatic rings. The zero-order valence-corrected chi connectivity index (χ0v) is 11.3. The highest BCUT2D eigenvalue weighted by molar-refractivity contribution is 5.78. The molecule has 1 unspecified atom stereocenters. The summed E-state index contributed by atoms with van der Waals surface area (Å²) in [5.41, 5.74) is 0.504. The summed E-state index contributed by atoms with van der Waals surface area (Å²) in [7, 11) is 2.11. The van der Waals surface area contributed by atoms with Crippen molar-refractivity contribution in [3.05, 3.63) is 0 Å². The molecule has 1 saturated heterocycles. The zero-order valence-electron chi connectivity index (χ0n) is 11.3. The summed E-state index contributed by atoms with van der Waals surface area (Å²) in [5.74, 6) is 1.03. The minimum Gasteiger partial charge on any atom is -0.339 e. The van der Waals surface area contributed by atoms with E-state index in [1.807, 2.05) is 4.90 Å². The van der Waals surface area contributed by atoms with E-state index in [0.29, 0.717) is 12.0 Å². The van der Waals surface area contributed by atoms with E-state index >= 15 is 0 Å². The van der Waals surface area contributed by atoms with Gasteiger partial charge < -0.3 is 15.1 Å². The standard InChI is InChI=1S/C13H25N3O/c1-13(2)8-11(13)9-14-10-12(17)16-6-4-15(3)5-7-16/h11,14H,4-10H2,1-3H3. The summed E-state index contributed by atoms with van der Waals surface area (Å²) < 4.78 is 0. The molecule has 4 nitrogen and oxygen atoms in total. The van der Waals surface area contributed by atoms with E-state index in [1.54, 1.807) is 0 Å². The Kier molecular flexibility index (Phi) is 3.73. The number of nitrogens with zero attached hydrogens (tertiary/aromatic N) is 2. The lowest BCUT2D eigenvalue weighted by molar-refractivity contribution is -0.131. The third kappa shape index (κ3) is 3.42. The van der Waals surface area contributed by atoms with E-state index in [9.17, 15) is 4.79 Å². The van der Waals surface area contributed by atoms with Gasteiger partial charge in [0.25, 0.3) is 0 Å². The predicted molar refractivity (Wildman–Crippen MR) is 68.8 cm³/mol. The maximum Gasteiger partial charge on any atom is 0.236 e. The lowest BCUT2D eigenvalue weighted by Crippen LogP contribution is -2.49. The fourth-order valence-electron chi connectivity index (χ4n) is 2.45. The van der Waals surface area contributed by atoms with Crippen molar-refractivity contribution in [1.82, 2.24) is 15.1 Å². The van der Waals surface area contributed by atoms with Crippen molar-refractivity contribution in [3.63, 3.8) is 0 Å². The molecule has 0 aromatic rings. The van der Waals surface area contributed by atoms with Crippen LogP contribution in [0.15, 0.2) is 0 Å². The van der Waals surface area contributed by atoms with Crippen molar-refractivity contribution in [2.75, 3.05) is 46.3 Å². The van der Waals surface area contributed by atoms with Crippen LogP contribution in [0.3, 0.4) is 0 Å². The molecule has 2 rings (SSSR count). The predicted octanol–water partition coefficient (Wildman–Crippen LogP) is 0.396. The third-order valence-electron chi connectivity index (χ3n) is 4.24. The quantitative estimate of drug-likeness (QED) is 0.771. The summed E-state index contributed by atoms with van der Waals surface area (Å²) >= 11 is 0. The van der Waals surface area contributed by atoms with Crippen LogP contribution in [0, 0.1) is 11.3 Å². The molecule has 1 N–H and O–H groups in total. The number of likely N-dealkylation sites (N-methyl/N-ethyl adjacent to an activating group) is 1. The maximum absolute atomic E-state index is 11.9. The summed E-state index contributed by atoms with van der Waals surface area (Å²) in [6, 6.07) is 0. The van der Waals surface area contributed by atoms with Crippen LogP contribution in [0.2, 0.25) is 0 Å². The Balaban J connectivity index is 1.61. The molecular weight excluding hydrogens is 214 g/mol. The van der Waals surface area contributed by atoms with Gasteiger partial charge in [0.05, 0.1) is 6.54 Å². The Morgan fingerprint density at radius 3 is 2.41 bits per heavy atom. The molecule has 17 heavy (non-hydrogen) atoms. The first-order valence-corrected chi connectivity index (χ1v) is 6.66. The second-order valence-corrected chi connectivity index (χ2v) is 6.20. The number of carbonyl (C=O) groups excluding carboxylic acids is 1. The molecule has 0 radical (unpaired) electrons. The van der Waals surface area contributed by atoms with Gasteiger partial charge in [-0.3, -0.25) is 4.79 Å². The minimum absolute atomic E-state index is 0.261. The first-order chi connectivity index (χ1) is 7.99. The molecule has 98 valence electrons. The van der Waals surface area contributed by atoms with Gasteiger partial charge in [0.15, 0.2) is 0 Å². The van der Waals surface area contributed by atoms with Crippen molar-refractivity contribution < 1.29 is 4.79 Å². The van der Waals surface area contributed by atoms with Gasteiger partial charge in [-0.25, -0.2) is 0 Å². The molecule has 1 heterocycles. The van der Waals surface area contributed by atoms with Crippen LogP contribution in [0.25, 0.3) is 0 Å². The van der Waals surface area contributed by atoms with Gasteiger partial charge in [0.2, 0.25) is 5.91 Å². The Hall–Kier alpha value is -0.610. The number of nitrogens with one attached hydrogen (secondary N) is 1. The van der Waals surface area contributed by atoms with Crippen molar-refractivity contribution in [2.24, 2.45) is 11.3 Å². The van der Waals surface area contributed by atoms with Gasteiger partial charge in [-0.05, 0) is 31.3 Å². The van der Waals surface area contributed by atoms with Crippen LogP contribution in [-0.2, 0) is 4.79 Å². The SMILES string of the molecule is CN1CCN(C(=O)CNCC2CC2(C)C)CC1. The largest absolute Gasteiger partial charge is 0.339 e. The van der Waals surface area contributed by atoms with E-state index < -0.39 is 0 Å². The molecule has 1 saturated carbocycles. The van der Waals surface area contributed by atoms with Crippen LogP contribution in [0.5, 0.6) is 0 Å². The summed E-state index contributed by atoms with van der Waals surface area (Å²) in [6.45, 7) is 9.85. The van der Waals surface area contributed by atoms with Crippen LogP contribution < -0.4 is 5.32 Å². The maximum atomic E-state index is 11.9. The normalized spacial score (nSPS) is 28.2. The molecule has 0 aromatic heterocycles. The molecule has 1 amide bonds. The lowest BCUT2D eigenvalue weighted by atomic mass is 10.1. The molecule has 0 aromatic carbocycles. The summed E-state index contributed by atoms with van der Waals surface area (Å²) in [5, 5.41) is 3.31. The van der Waals surface area contributed by atoms with Gasteiger partial charge in [-0.15, -0.1) is 0 Å². The molecule has 2 fully saturated rings. The molecule has 1 aliphatic heterocycles. The molecular formula is C13H25N3O. The second kappa shape index (κ2) is 4.94. The van der Waals surface area contributed by atoms with E-state index in [4.69, 9.17) is 0 Å². The summed E-state index contributed by atoms with van der Waals surface area (Å²) in [4.78, 5) is 16.2. The van der Waals surface area contributed by atoms with E-state index in [0.717, 1.165) is 38.6 Å². The Labute approximate surface area is 104 Å². The highest BCUT2D eigenvalue weighted by atomic mass is 16.2. The van der Waals surface area contributed by atoms with Crippen LogP contribution in [0.1, 0.15) is 20.3 Å². The van der Waals surface area contributed by atoms with Crippen molar-refractivity contribution in [3.8, 4) is 0 Å². The van der Waals surface area contributed by atoms with Gasteiger partial charge >= 0.3 is 0 Å². The van der Waals surface area contributed by atoms with E-state index in [2.05, 4.69) is 31.1 Å². The first-order valence-electron chi connectivity index (χ1n) is 6.66. The number of hydrogen-bond acceptors (Lipinski definition) is 3. The number of hydrogen-bond donors (Lipinski definition) is 1. The molecule has 1 aliphatic carbocycles. The van der Waals surface area contributed by atoms with E-state index in [-0.39, 0.29) is 5.91 Å². The number of rotatable bonds is 4. The van der Waals surface area contributed by atoms with Crippen molar-refractivity contribution in [1.29, 1.82) is 0 Å². The Morgan fingerprint density at radius 2 is 1.88 bits per heavy atom. The molecule has 4 heteroatoms. The Bertz CT molecular complexity index is 282. The van der Waals surface area contributed by atoms with Crippen LogP contribution in [0.4, 0.5) is 0 Å². The third-order valence-corrected chi connectivity index (χ3v) is 4.24. The van der Waals surface area contributed by atoms with Gasteiger partial charge in [0, 0.05) is 26.2 Å². The molecule has 0 bridgehead atoms. The average Bonchev–Trinajstić information content (AvgIpc) is 2.87. The number of amides is 1. The lowest BCUT2D eigenvalue weighted by Gasteiger charge is -2.32. The van der Waals surface area contributed by atoms with E-state index in [1.165, 1.54) is 6.42 Å². The van der Waals surface area contributed by atoms with Gasteiger partial charge in [-0.1, -0.05) is 13.8 Å².